The Morgan fingerprint density at radius 1 is 0.862 bits per heavy atom. The van der Waals surface area contributed by atoms with Gasteiger partial charge in [0.25, 0.3) is 11.7 Å². The van der Waals surface area contributed by atoms with E-state index < -0.39 is 17.7 Å². The predicted molar refractivity (Wildman–Crippen MR) is 114 cm³/mol. The van der Waals surface area contributed by atoms with Gasteiger partial charge in [-0.15, -0.1) is 0 Å². The minimum atomic E-state index is -0.696. The van der Waals surface area contributed by atoms with Gasteiger partial charge >= 0.3 is 0 Å². The van der Waals surface area contributed by atoms with Crippen LogP contribution in [0.3, 0.4) is 0 Å². The molecule has 1 saturated heterocycles. The number of aliphatic hydroxyl groups excluding tert-OH is 1. The van der Waals surface area contributed by atoms with Crippen LogP contribution in [0.15, 0.2) is 84.4 Å². The average molecular weight is 383 g/mol. The molecule has 0 aliphatic carbocycles. The van der Waals surface area contributed by atoms with Crippen LogP contribution in [0, 0.1) is 13.8 Å². The number of Topliss-reactive ketones (excluding diaryl/α,β-unsaturated/α-hetero) is 1. The van der Waals surface area contributed by atoms with Crippen molar-refractivity contribution in [2.75, 3.05) is 4.90 Å². The van der Waals surface area contributed by atoms with Crippen LogP contribution in [0.4, 0.5) is 5.69 Å². The van der Waals surface area contributed by atoms with Crippen LogP contribution in [0.5, 0.6) is 0 Å². The van der Waals surface area contributed by atoms with Crippen molar-refractivity contribution in [2.24, 2.45) is 0 Å². The summed E-state index contributed by atoms with van der Waals surface area (Å²) in [4.78, 5) is 27.7. The zero-order valence-corrected chi connectivity index (χ0v) is 16.3. The molecule has 1 heterocycles. The number of hydrogen-bond acceptors (Lipinski definition) is 3. The fourth-order valence-electron chi connectivity index (χ4n) is 3.86. The lowest BCUT2D eigenvalue weighted by atomic mass is 9.95. The first-order chi connectivity index (χ1) is 14.0. The molecule has 0 bridgehead atoms. The van der Waals surface area contributed by atoms with Crippen molar-refractivity contribution in [3.05, 3.63) is 107 Å². The van der Waals surface area contributed by atoms with Crippen molar-refractivity contribution in [3.8, 4) is 0 Å². The summed E-state index contributed by atoms with van der Waals surface area (Å²) in [5.74, 6) is -1.48. The van der Waals surface area contributed by atoms with E-state index in [0.29, 0.717) is 11.3 Å². The number of hydrogen-bond donors (Lipinski definition) is 1. The van der Waals surface area contributed by atoms with Gasteiger partial charge < -0.3 is 5.11 Å². The molecule has 3 aromatic carbocycles. The molecule has 29 heavy (non-hydrogen) atoms. The standard InChI is InChI=1S/C25H21NO3/c1-16-13-14-20(17(2)15-16)26-22(18-9-5-3-6-10-18)21(24(28)25(26)29)23(27)19-11-7-4-8-12-19/h3-15,22,27H,1-2H3/b23-21+. The summed E-state index contributed by atoms with van der Waals surface area (Å²) in [7, 11) is 0. The first-order valence-corrected chi connectivity index (χ1v) is 9.47. The summed E-state index contributed by atoms with van der Waals surface area (Å²) in [6.07, 6.45) is 0. The summed E-state index contributed by atoms with van der Waals surface area (Å²) in [6.45, 7) is 3.90. The van der Waals surface area contributed by atoms with Crippen molar-refractivity contribution in [2.45, 2.75) is 19.9 Å². The van der Waals surface area contributed by atoms with Gasteiger partial charge in [0.1, 0.15) is 5.76 Å². The number of carbonyl (C=O) groups excluding carboxylic acids is 2. The number of aliphatic hydroxyl groups is 1. The maximum absolute atomic E-state index is 13.1. The van der Waals surface area contributed by atoms with Crippen molar-refractivity contribution in [1.82, 2.24) is 0 Å². The number of nitrogens with zero attached hydrogens (tertiary/aromatic N) is 1. The summed E-state index contributed by atoms with van der Waals surface area (Å²) in [5, 5.41) is 11.0. The first-order valence-electron chi connectivity index (χ1n) is 9.47. The summed E-state index contributed by atoms with van der Waals surface area (Å²) in [5.41, 5.74) is 4.01. The van der Waals surface area contributed by atoms with Gasteiger partial charge in [-0.05, 0) is 31.0 Å². The van der Waals surface area contributed by atoms with Crippen LogP contribution in [0.25, 0.3) is 5.76 Å². The quantitative estimate of drug-likeness (QED) is 0.396. The third-order valence-electron chi connectivity index (χ3n) is 5.22. The smallest absolute Gasteiger partial charge is 0.300 e. The number of ketones is 1. The third-order valence-corrected chi connectivity index (χ3v) is 5.22. The number of rotatable bonds is 3. The molecule has 4 heteroatoms. The average Bonchev–Trinajstić information content (AvgIpc) is 3.00. The molecule has 0 aromatic heterocycles. The monoisotopic (exact) mass is 383 g/mol. The SMILES string of the molecule is Cc1ccc(N2C(=O)C(=O)/C(=C(/O)c3ccccc3)C2c2ccccc2)c(C)c1. The summed E-state index contributed by atoms with van der Waals surface area (Å²) in [6, 6.07) is 23.2. The Balaban J connectivity index is 1.97. The minimum absolute atomic E-state index is 0.104. The van der Waals surface area contributed by atoms with Crippen molar-refractivity contribution in [1.29, 1.82) is 0 Å². The van der Waals surface area contributed by atoms with Gasteiger partial charge in [0.05, 0.1) is 11.6 Å². The van der Waals surface area contributed by atoms with Gasteiger partial charge in [0.2, 0.25) is 0 Å². The highest BCUT2D eigenvalue weighted by Gasteiger charge is 2.47. The number of carbonyl (C=O) groups is 2. The lowest BCUT2D eigenvalue weighted by Crippen LogP contribution is -2.30. The van der Waals surface area contributed by atoms with Gasteiger partial charge in [-0.3, -0.25) is 14.5 Å². The van der Waals surface area contributed by atoms with Crippen molar-refractivity contribution in [3.63, 3.8) is 0 Å². The Bertz CT molecular complexity index is 1120. The molecule has 3 aromatic rings. The second-order valence-corrected chi connectivity index (χ2v) is 7.24. The number of benzene rings is 3. The van der Waals surface area contributed by atoms with E-state index in [1.807, 2.05) is 68.4 Å². The highest BCUT2D eigenvalue weighted by atomic mass is 16.3. The van der Waals surface area contributed by atoms with E-state index in [0.717, 1.165) is 16.7 Å². The second kappa shape index (κ2) is 7.40. The van der Waals surface area contributed by atoms with Crippen LogP contribution in [-0.4, -0.2) is 16.8 Å². The molecule has 0 spiro atoms. The number of amides is 1. The molecule has 1 fully saturated rings. The predicted octanol–water partition coefficient (Wildman–Crippen LogP) is 4.93. The first kappa shape index (κ1) is 18.7. The van der Waals surface area contributed by atoms with Gasteiger partial charge in [0.15, 0.2) is 0 Å². The lowest BCUT2D eigenvalue weighted by Gasteiger charge is -2.27. The molecule has 1 N–H and O–H groups in total. The molecule has 1 aliphatic heterocycles. The molecule has 1 unspecified atom stereocenters. The van der Waals surface area contributed by atoms with Gasteiger partial charge in [-0.25, -0.2) is 0 Å². The molecule has 144 valence electrons. The van der Waals surface area contributed by atoms with E-state index in [1.54, 1.807) is 24.3 Å². The Hall–Kier alpha value is -3.66. The van der Waals surface area contributed by atoms with Crippen LogP contribution in [0.1, 0.15) is 28.3 Å². The van der Waals surface area contributed by atoms with E-state index >= 15 is 0 Å². The minimum Gasteiger partial charge on any atom is -0.507 e. The molecule has 1 amide bonds. The van der Waals surface area contributed by atoms with Crippen molar-refractivity contribution >= 4 is 23.1 Å². The topological polar surface area (TPSA) is 57.6 Å². The molecule has 4 rings (SSSR count). The second-order valence-electron chi connectivity index (χ2n) is 7.24. The summed E-state index contributed by atoms with van der Waals surface area (Å²) < 4.78 is 0. The zero-order chi connectivity index (χ0) is 20.5. The van der Waals surface area contributed by atoms with Crippen LogP contribution in [-0.2, 0) is 9.59 Å². The molecule has 0 saturated carbocycles. The van der Waals surface area contributed by atoms with Crippen molar-refractivity contribution < 1.29 is 14.7 Å². The number of aryl methyl sites for hydroxylation is 2. The molecule has 0 radical (unpaired) electrons. The Labute approximate surface area is 169 Å². The van der Waals surface area contributed by atoms with Crippen LogP contribution >= 0.6 is 0 Å². The molecule has 1 aliphatic rings. The Kier molecular flexibility index (Phi) is 4.77. The molecule has 4 nitrogen and oxygen atoms in total. The Morgan fingerprint density at radius 2 is 1.48 bits per heavy atom. The zero-order valence-electron chi connectivity index (χ0n) is 16.3. The van der Waals surface area contributed by atoms with Crippen LogP contribution < -0.4 is 4.90 Å². The highest BCUT2D eigenvalue weighted by molar-refractivity contribution is 6.51. The molecular weight excluding hydrogens is 362 g/mol. The number of anilines is 1. The van der Waals surface area contributed by atoms with E-state index in [9.17, 15) is 14.7 Å². The van der Waals surface area contributed by atoms with E-state index in [2.05, 4.69) is 0 Å². The van der Waals surface area contributed by atoms with E-state index in [4.69, 9.17) is 0 Å². The maximum atomic E-state index is 13.1. The fourth-order valence-corrected chi connectivity index (χ4v) is 3.86. The normalized spacial score (nSPS) is 18.3. The largest absolute Gasteiger partial charge is 0.507 e. The lowest BCUT2D eigenvalue weighted by molar-refractivity contribution is -0.132. The van der Waals surface area contributed by atoms with E-state index in [1.165, 1.54) is 4.90 Å². The Morgan fingerprint density at radius 3 is 2.10 bits per heavy atom. The van der Waals surface area contributed by atoms with Crippen LogP contribution in [0.2, 0.25) is 0 Å². The summed E-state index contributed by atoms with van der Waals surface area (Å²) >= 11 is 0. The fraction of sp³-hybridized carbons (Fsp3) is 0.120. The molecule has 1 atom stereocenters. The highest BCUT2D eigenvalue weighted by Crippen LogP contribution is 2.43. The van der Waals surface area contributed by atoms with Gasteiger partial charge in [0, 0.05) is 11.3 Å². The van der Waals surface area contributed by atoms with E-state index in [-0.39, 0.29) is 11.3 Å². The van der Waals surface area contributed by atoms with Gasteiger partial charge in [-0.2, -0.15) is 0 Å². The van der Waals surface area contributed by atoms with Gasteiger partial charge in [-0.1, -0.05) is 78.4 Å². The maximum Gasteiger partial charge on any atom is 0.300 e. The third kappa shape index (κ3) is 3.23. The molecular formula is C25H21NO3.